The molecule has 0 aliphatic rings. The van der Waals surface area contributed by atoms with E-state index in [0.29, 0.717) is 5.92 Å². The van der Waals surface area contributed by atoms with Crippen LogP contribution in [0.1, 0.15) is 36.6 Å². The van der Waals surface area contributed by atoms with Gasteiger partial charge in [-0.3, -0.25) is 0 Å². The third kappa shape index (κ3) is 4.46. The van der Waals surface area contributed by atoms with E-state index in [0.717, 1.165) is 39.7 Å². The standard InChI is InChI=1S/C28H22N5/c1-20(2)24-10-6-7-11-26(24)31-27-18-21(16-17-29-27)12-13-23-19-30-28-15-14-25(32-33(23)28)22-8-4-3-5-9-22/h4-11,14-20H,1-2H3,(H,29,31). The predicted molar refractivity (Wildman–Crippen MR) is 131 cm³/mol. The topological polar surface area (TPSA) is 55.1 Å². The number of nitrogens with one attached hydrogen (secondary N) is 1. The minimum Gasteiger partial charge on any atom is -0.340 e. The van der Waals surface area contributed by atoms with Crippen molar-refractivity contribution in [2.24, 2.45) is 0 Å². The number of nitrogens with zero attached hydrogens (tertiary/aromatic N) is 4. The number of benzene rings is 2. The van der Waals surface area contributed by atoms with Gasteiger partial charge >= 0.3 is 0 Å². The molecule has 0 saturated heterocycles. The quantitative estimate of drug-likeness (QED) is 0.364. The summed E-state index contributed by atoms with van der Waals surface area (Å²) in [6.07, 6.45) is 3.51. The normalized spacial score (nSPS) is 10.8. The van der Waals surface area contributed by atoms with Crippen molar-refractivity contribution >= 4 is 17.2 Å². The zero-order valence-electron chi connectivity index (χ0n) is 18.4. The lowest BCUT2D eigenvalue weighted by molar-refractivity contribution is 0.869. The molecule has 3 aromatic heterocycles. The average Bonchev–Trinajstić information content (AvgIpc) is 3.26. The zero-order chi connectivity index (χ0) is 22.6. The molecule has 5 aromatic rings. The summed E-state index contributed by atoms with van der Waals surface area (Å²) in [5.41, 5.74) is 6.53. The zero-order valence-corrected chi connectivity index (χ0v) is 18.4. The third-order valence-corrected chi connectivity index (χ3v) is 5.32. The van der Waals surface area contributed by atoms with Crippen LogP contribution in [-0.4, -0.2) is 19.6 Å². The van der Waals surface area contributed by atoms with Gasteiger partial charge in [0, 0.05) is 23.0 Å². The van der Waals surface area contributed by atoms with Crippen molar-refractivity contribution in [2.45, 2.75) is 19.8 Å². The summed E-state index contributed by atoms with van der Waals surface area (Å²) in [4.78, 5) is 8.90. The molecule has 0 aliphatic carbocycles. The fourth-order valence-electron chi connectivity index (χ4n) is 3.64. The van der Waals surface area contributed by atoms with E-state index in [9.17, 15) is 0 Å². The molecule has 159 valence electrons. The summed E-state index contributed by atoms with van der Waals surface area (Å²) < 4.78 is 1.78. The molecule has 0 saturated carbocycles. The van der Waals surface area contributed by atoms with Crippen LogP contribution in [0, 0.1) is 17.9 Å². The molecule has 2 aromatic carbocycles. The molecule has 1 N–H and O–H groups in total. The van der Waals surface area contributed by atoms with E-state index in [2.05, 4.69) is 65.2 Å². The van der Waals surface area contributed by atoms with Crippen molar-refractivity contribution in [3.63, 3.8) is 0 Å². The monoisotopic (exact) mass is 428 g/mol. The van der Waals surface area contributed by atoms with Crippen LogP contribution in [0.4, 0.5) is 11.5 Å². The first-order chi connectivity index (χ1) is 16.2. The number of hydrogen-bond acceptors (Lipinski definition) is 4. The molecule has 5 heteroatoms. The van der Waals surface area contributed by atoms with Crippen LogP contribution < -0.4 is 5.32 Å². The molecule has 5 rings (SSSR count). The fraction of sp³-hybridized carbons (Fsp3) is 0.107. The summed E-state index contributed by atoms with van der Waals surface area (Å²) in [5, 5.41) is 8.16. The molecular weight excluding hydrogens is 406 g/mol. The van der Waals surface area contributed by atoms with Crippen LogP contribution >= 0.6 is 0 Å². The van der Waals surface area contributed by atoms with Gasteiger partial charge in [-0.1, -0.05) is 62.2 Å². The summed E-state index contributed by atoms with van der Waals surface area (Å²) in [6, 6.07) is 26.8. The van der Waals surface area contributed by atoms with E-state index in [1.54, 1.807) is 16.9 Å². The smallest absolute Gasteiger partial charge is 0.154 e. The first-order valence-electron chi connectivity index (χ1n) is 10.8. The van der Waals surface area contributed by atoms with Crippen molar-refractivity contribution in [1.82, 2.24) is 19.6 Å². The van der Waals surface area contributed by atoms with E-state index < -0.39 is 0 Å². The van der Waals surface area contributed by atoms with Gasteiger partial charge in [-0.05, 0) is 53.8 Å². The molecule has 0 unspecified atom stereocenters. The van der Waals surface area contributed by atoms with Crippen molar-refractivity contribution in [3.05, 3.63) is 108 Å². The van der Waals surface area contributed by atoms with Gasteiger partial charge in [0.15, 0.2) is 5.65 Å². The highest BCUT2D eigenvalue weighted by atomic mass is 15.3. The minimum atomic E-state index is 0.415. The first-order valence-corrected chi connectivity index (χ1v) is 10.8. The van der Waals surface area contributed by atoms with Gasteiger partial charge in [-0.25, -0.2) is 14.5 Å². The van der Waals surface area contributed by atoms with Crippen LogP contribution in [0.25, 0.3) is 16.9 Å². The molecule has 5 nitrogen and oxygen atoms in total. The number of imidazole rings is 1. The van der Waals surface area contributed by atoms with Crippen molar-refractivity contribution < 1.29 is 0 Å². The molecular formula is C28H22N5. The summed E-state index contributed by atoms with van der Waals surface area (Å²) >= 11 is 0. The van der Waals surface area contributed by atoms with Crippen molar-refractivity contribution in [2.75, 3.05) is 5.32 Å². The van der Waals surface area contributed by atoms with Gasteiger partial charge < -0.3 is 5.32 Å². The Hall–Kier alpha value is -4.43. The molecule has 0 fully saturated rings. The Labute approximate surface area is 193 Å². The molecule has 0 aliphatic heterocycles. The number of pyridine rings is 1. The number of hydrogen-bond donors (Lipinski definition) is 1. The largest absolute Gasteiger partial charge is 0.340 e. The van der Waals surface area contributed by atoms with Gasteiger partial charge in [0.1, 0.15) is 11.5 Å². The third-order valence-electron chi connectivity index (χ3n) is 5.32. The van der Waals surface area contributed by atoms with Crippen LogP contribution in [0.3, 0.4) is 0 Å². The first kappa shape index (κ1) is 20.5. The Bertz CT molecular complexity index is 1470. The maximum absolute atomic E-state index is 4.73. The van der Waals surface area contributed by atoms with Gasteiger partial charge in [0.05, 0.1) is 11.9 Å². The average molecular weight is 429 g/mol. The summed E-state index contributed by atoms with van der Waals surface area (Å²) in [7, 11) is 0. The van der Waals surface area contributed by atoms with Crippen molar-refractivity contribution in [3.8, 4) is 23.1 Å². The number of fused-ring (bicyclic) bond motifs is 1. The molecule has 33 heavy (non-hydrogen) atoms. The lowest BCUT2D eigenvalue weighted by atomic mass is 10.0. The van der Waals surface area contributed by atoms with E-state index in [-0.39, 0.29) is 0 Å². The van der Waals surface area contributed by atoms with Crippen molar-refractivity contribution in [1.29, 1.82) is 0 Å². The molecule has 3 heterocycles. The van der Waals surface area contributed by atoms with E-state index >= 15 is 0 Å². The molecule has 0 atom stereocenters. The van der Waals surface area contributed by atoms with E-state index in [4.69, 9.17) is 5.10 Å². The van der Waals surface area contributed by atoms with Crippen LogP contribution in [-0.2, 0) is 0 Å². The number of para-hydroxylation sites is 1. The second-order valence-corrected chi connectivity index (χ2v) is 7.97. The SMILES string of the molecule is CC(C)c1ccccc1Nc1cc(C#Cc2cnc3ccc(-c4cc[c]cc4)nn23)ccn1. The number of aromatic nitrogens is 4. The summed E-state index contributed by atoms with van der Waals surface area (Å²) in [6.45, 7) is 4.36. The second kappa shape index (κ2) is 8.97. The molecule has 0 spiro atoms. The summed E-state index contributed by atoms with van der Waals surface area (Å²) in [5.74, 6) is 7.61. The fourth-order valence-corrected chi connectivity index (χ4v) is 3.64. The highest BCUT2D eigenvalue weighted by molar-refractivity contribution is 5.63. The lowest BCUT2D eigenvalue weighted by Crippen LogP contribution is -1.99. The minimum absolute atomic E-state index is 0.415. The Kier molecular flexibility index (Phi) is 5.57. The maximum atomic E-state index is 4.73. The van der Waals surface area contributed by atoms with Gasteiger partial charge in [-0.2, -0.15) is 5.10 Å². The molecule has 0 amide bonds. The van der Waals surface area contributed by atoms with E-state index in [1.807, 2.05) is 54.6 Å². The van der Waals surface area contributed by atoms with Crippen LogP contribution in [0.2, 0.25) is 0 Å². The molecule has 0 bridgehead atoms. The Morgan fingerprint density at radius 2 is 1.79 bits per heavy atom. The van der Waals surface area contributed by atoms with E-state index in [1.165, 1.54) is 5.56 Å². The maximum Gasteiger partial charge on any atom is 0.154 e. The highest BCUT2D eigenvalue weighted by Crippen LogP contribution is 2.26. The number of anilines is 2. The Balaban J connectivity index is 1.44. The molecule has 1 radical (unpaired) electrons. The van der Waals surface area contributed by atoms with Crippen LogP contribution in [0.5, 0.6) is 0 Å². The van der Waals surface area contributed by atoms with Gasteiger partial charge in [0.2, 0.25) is 0 Å². The Morgan fingerprint density at radius 1 is 0.939 bits per heavy atom. The van der Waals surface area contributed by atoms with Gasteiger partial charge in [0.25, 0.3) is 0 Å². The Morgan fingerprint density at radius 3 is 2.64 bits per heavy atom. The van der Waals surface area contributed by atoms with Gasteiger partial charge in [-0.15, -0.1) is 0 Å². The lowest BCUT2D eigenvalue weighted by Gasteiger charge is -2.14. The predicted octanol–water partition coefficient (Wildman–Crippen LogP) is 5.86. The van der Waals surface area contributed by atoms with Crippen LogP contribution in [0.15, 0.2) is 85.2 Å². The highest BCUT2D eigenvalue weighted by Gasteiger charge is 2.07. The second-order valence-electron chi connectivity index (χ2n) is 7.97. The number of rotatable bonds is 4.